The molecule has 14 nitrogen and oxygen atoms in total. The summed E-state index contributed by atoms with van der Waals surface area (Å²) in [6.45, 7) is 5.89. The van der Waals surface area contributed by atoms with Crippen LogP contribution in [0.3, 0.4) is 0 Å². The molecular formula is C32H28N2O12. The van der Waals surface area contributed by atoms with Crippen LogP contribution in [0.5, 0.6) is 34.5 Å². The van der Waals surface area contributed by atoms with Crippen molar-refractivity contribution in [3.63, 3.8) is 0 Å². The Balaban J connectivity index is 0.000000209. The summed E-state index contributed by atoms with van der Waals surface area (Å²) in [5.74, 6) is -2.80. The lowest BCUT2D eigenvalue weighted by Crippen LogP contribution is -2.07. The van der Waals surface area contributed by atoms with Crippen molar-refractivity contribution in [2.24, 2.45) is 0 Å². The minimum atomic E-state index is -0.869. The Morgan fingerprint density at radius 2 is 1.17 bits per heavy atom. The number of carbonyl (C=O) groups excluding carboxylic acids is 2. The van der Waals surface area contributed by atoms with Crippen LogP contribution >= 0.6 is 0 Å². The first-order valence-electron chi connectivity index (χ1n) is 13.6. The average molecular weight is 633 g/mol. The van der Waals surface area contributed by atoms with Crippen molar-refractivity contribution < 1.29 is 49.3 Å². The topological polar surface area (TPSA) is 220 Å². The monoisotopic (exact) mass is 632 g/mol. The number of ketones is 2. The van der Waals surface area contributed by atoms with Gasteiger partial charge in [-0.25, -0.2) is 0 Å². The quantitative estimate of drug-likeness (QED) is 0.0817. The normalized spacial score (nSPS) is 11.4. The summed E-state index contributed by atoms with van der Waals surface area (Å²) in [5.41, 5.74) is 3.03. The number of phenolic OH excluding ortho intramolecular Hbond substituents is 4. The van der Waals surface area contributed by atoms with Gasteiger partial charge in [0.1, 0.15) is 0 Å². The number of rotatable bonds is 8. The summed E-state index contributed by atoms with van der Waals surface area (Å²) >= 11 is 0. The van der Waals surface area contributed by atoms with Crippen molar-refractivity contribution in [3.05, 3.63) is 114 Å². The molecule has 4 aromatic rings. The molecule has 0 saturated heterocycles. The fourth-order valence-corrected chi connectivity index (χ4v) is 4.90. The number of nitrogens with zero attached hydrogens (tertiary/aromatic N) is 2. The number of aryl methyl sites for hydroxylation is 3. The molecule has 1 aliphatic heterocycles. The van der Waals surface area contributed by atoms with Gasteiger partial charge in [0.25, 0.3) is 0 Å². The van der Waals surface area contributed by atoms with E-state index in [9.17, 15) is 50.2 Å². The first kappa shape index (κ1) is 32.7. The zero-order valence-electron chi connectivity index (χ0n) is 24.8. The van der Waals surface area contributed by atoms with E-state index in [0.29, 0.717) is 17.1 Å². The number of Topliss-reactive ketones (excluding diaryl/α,β-unsaturated/α-hetero) is 2. The van der Waals surface area contributed by atoms with Gasteiger partial charge in [-0.1, -0.05) is 23.8 Å². The SMILES string of the molecule is Cc1cc(C)c(CC(=O)c2cc(O)c(O)c([N+](=O)[O-])c2)c(C)c1.O=C(Cc1ccc2c(c1)OCO2)c1cc(O)c(O)c([N+](=O)[O-])c1. The van der Waals surface area contributed by atoms with E-state index in [0.717, 1.165) is 46.5 Å². The van der Waals surface area contributed by atoms with Crippen LogP contribution in [0.2, 0.25) is 0 Å². The van der Waals surface area contributed by atoms with E-state index in [1.165, 1.54) is 0 Å². The molecule has 0 aliphatic carbocycles. The maximum atomic E-state index is 12.4. The highest BCUT2D eigenvalue weighted by Crippen LogP contribution is 2.38. The van der Waals surface area contributed by atoms with E-state index in [2.05, 4.69) is 0 Å². The fraction of sp³-hybridized carbons (Fsp3) is 0.188. The van der Waals surface area contributed by atoms with Gasteiger partial charge in [-0.15, -0.1) is 0 Å². The van der Waals surface area contributed by atoms with Crippen LogP contribution in [0.15, 0.2) is 54.6 Å². The van der Waals surface area contributed by atoms with Crippen molar-refractivity contribution >= 4 is 22.9 Å². The molecule has 1 heterocycles. The Labute approximate surface area is 261 Å². The molecule has 238 valence electrons. The van der Waals surface area contributed by atoms with Crippen LogP contribution in [0.1, 0.15) is 48.5 Å². The van der Waals surface area contributed by atoms with Gasteiger partial charge in [0.2, 0.25) is 18.3 Å². The van der Waals surface area contributed by atoms with E-state index in [1.54, 1.807) is 18.2 Å². The van der Waals surface area contributed by atoms with E-state index in [4.69, 9.17) is 9.47 Å². The van der Waals surface area contributed by atoms with Gasteiger partial charge >= 0.3 is 11.4 Å². The number of hydrogen-bond acceptors (Lipinski definition) is 12. The highest BCUT2D eigenvalue weighted by molar-refractivity contribution is 6.00. The molecule has 0 atom stereocenters. The molecule has 5 rings (SSSR count). The largest absolute Gasteiger partial charge is 0.504 e. The van der Waals surface area contributed by atoms with E-state index < -0.39 is 50.0 Å². The fourth-order valence-electron chi connectivity index (χ4n) is 4.90. The van der Waals surface area contributed by atoms with Gasteiger partial charge in [-0.3, -0.25) is 29.8 Å². The van der Waals surface area contributed by atoms with Gasteiger partial charge in [0.15, 0.2) is 34.6 Å². The van der Waals surface area contributed by atoms with E-state index in [1.807, 2.05) is 32.9 Å². The second kappa shape index (κ2) is 13.2. The number of hydrogen-bond donors (Lipinski definition) is 4. The van der Waals surface area contributed by atoms with Gasteiger partial charge in [-0.2, -0.15) is 0 Å². The minimum absolute atomic E-state index is 0.00799. The van der Waals surface area contributed by atoms with Crippen molar-refractivity contribution in [2.45, 2.75) is 33.6 Å². The Kier molecular flexibility index (Phi) is 9.40. The molecule has 0 bridgehead atoms. The molecule has 14 heteroatoms. The molecule has 0 radical (unpaired) electrons. The highest BCUT2D eigenvalue weighted by atomic mass is 16.7. The standard InChI is InChI=1S/C17H17NO5.C15H11NO7/c1-9-4-10(2)13(11(3)5-9)8-15(19)12-6-14(18(22)23)17(21)16(20)7-12;17-11(3-8-1-2-13-14(4-8)23-7-22-13)9-5-10(16(20)21)15(19)12(18)6-9/h4-7,20-21H,8H2,1-3H3;1-2,4-6,18-19H,3,7H2. The van der Waals surface area contributed by atoms with Crippen LogP contribution in [0.4, 0.5) is 11.4 Å². The van der Waals surface area contributed by atoms with Crippen molar-refractivity contribution in [2.75, 3.05) is 6.79 Å². The van der Waals surface area contributed by atoms with Gasteiger partial charge in [-0.05, 0) is 67.3 Å². The molecule has 0 saturated carbocycles. The van der Waals surface area contributed by atoms with Gasteiger partial charge in [0.05, 0.1) is 9.85 Å². The molecule has 0 unspecified atom stereocenters. The number of carbonyl (C=O) groups is 2. The first-order chi connectivity index (χ1) is 21.7. The molecule has 1 aliphatic rings. The summed E-state index contributed by atoms with van der Waals surface area (Å²) in [7, 11) is 0. The lowest BCUT2D eigenvalue weighted by atomic mass is 9.93. The number of nitro groups is 2. The first-order valence-corrected chi connectivity index (χ1v) is 13.6. The number of nitro benzene ring substituents is 2. The van der Waals surface area contributed by atoms with E-state index in [-0.39, 0.29) is 36.5 Å². The number of aromatic hydroxyl groups is 4. The zero-order chi connectivity index (χ0) is 33.9. The summed E-state index contributed by atoms with van der Waals surface area (Å²) in [4.78, 5) is 44.7. The molecule has 46 heavy (non-hydrogen) atoms. The second-order valence-electron chi connectivity index (χ2n) is 10.5. The summed E-state index contributed by atoms with van der Waals surface area (Å²) < 4.78 is 10.4. The average Bonchev–Trinajstić information content (AvgIpc) is 3.45. The Morgan fingerprint density at radius 1 is 0.696 bits per heavy atom. The maximum Gasteiger partial charge on any atom is 0.315 e. The maximum absolute atomic E-state index is 12.4. The molecule has 0 fully saturated rings. The number of phenols is 4. The van der Waals surface area contributed by atoms with E-state index >= 15 is 0 Å². The number of ether oxygens (including phenoxy) is 2. The summed E-state index contributed by atoms with van der Waals surface area (Å²) in [5, 5.41) is 59.7. The molecule has 0 amide bonds. The molecule has 4 N–H and O–H groups in total. The number of fused-ring (bicyclic) bond motifs is 1. The Bertz CT molecular complexity index is 1880. The van der Waals surface area contributed by atoms with Crippen molar-refractivity contribution in [1.82, 2.24) is 0 Å². The lowest BCUT2D eigenvalue weighted by Gasteiger charge is -2.11. The highest BCUT2D eigenvalue weighted by Gasteiger charge is 2.24. The number of benzene rings is 4. The van der Waals surface area contributed by atoms with Crippen LogP contribution in [0, 0.1) is 41.0 Å². The lowest BCUT2D eigenvalue weighted by molar-refractivity contribution is -0.386. The van der Waals surface area contributed by atoms with Crippen molar-refractivity contribution in [3.8, 4) is 34.5 Å². The van der Waals surface area contributed by atoms with Crippen LogP contribution in [-0.2, 0) is 12.8 Å². The smallest absolute Gasteiger partial charge is 0.315 e. The summed E-state index contributed by atoms with van der Waals surface area (Å²) in [6.07, 6.45) is 0.0251. The molecular weight excluding hydrogens is 604 g/mol. The zero-order valence-corrected chi connectivity index (χ0v) is 24.8. The molecule has 0 aromatic heterocycles. The Morgan fingerprint density at radius 3 is 1.67 bits per heavy atom. The molecule has 0 spiro atoms. The third kappa shape index (κ3) is 7.13. The van der Waals surface area contributed by atoms with Crippen LogP contribution in [-0.4, -0.2) is 48.6 Å². The predicted molar refractivity (Wildman–Crippen MR) is 162 cm³/mol. The van der Waals surface area contributed by atoms with Crippen LogP contribution < -0.4 is 9.47 Å². The Hall–Kier alpha value is -6.18. The van der Waals surface area contributed by atoms with Crippen molar-refractivity contribution in [1.29, 1.82) is 0 Å². The minimum Gasteiger partial charge on any atom is -0.504 e. The third-order valence-corrected chi connectivity index (χ3v) is 7.16. The molecule has 4 aromatic carbocycles. The van der Waals surface area contributed by atoms with Crippen LogP contribution in [0.25, 0.3) is 0 Å². The van der Waals surface area contributed by atoms with Gasteiger partial charge < -0.3 is 29.9 Å². The van der Waals surface area contributed by atoms with Gasteiger partial charge in [0, 0.05) is 36.1 Å². The second-order valence-corrected chi connectivity index (χ2v) is 10.5. The summed E-state index contributed by atoms with van der Waals surface area (Å²) in [6, 6.07) is 12.9. The predicted octanol–water partition coefficient (Wildman–Crippen LogP) is 5.52. The third-order valence-electron chi connectivity index (χ3n) is 7.16.